The van der Waals surface area contributed by atoms with Crippen LogP contribution in [-0.2, 0) is 6.42 Å². The van der Waals surface area contributed by atoms with Crippen molar-refractivity contribution in [2.24, 2.45) is 5.73 Å². The van der Waals surface area contributed by atoms with Gasteiger partial charge in [-0.1, -0.05) is 6.92 Å². The molecule has 0 spiro atoms. The number of hydrogen-bond donors (Lipinski definition) is 2. The highest BCUT2D eigenvalue weighted by Crippen LogP contribution is 2.13. The minimum absolute atomic E-state index is 0.0545. The minimum atomic E-state index is 0.0545. The number of nitrogens with two attached hydrogens (primary N) is 1. The van der Waals surface area contributed by atoms with Crippen LogP contribution >= 0.6 is 0 Å². The Morgan fingerprint density at radius 3 is 2.89 bits per heavy atom. The predicted molar refractivity (Wildman–Crippen MR) is 71.1 cm³/mol. The molecule has 2 rings (SSSR count). The summed E-state index contributed by atoms with van der Waals surface area (Å²) >= 11 is 0. The number of aromatic nitrogens is 3. The average molecular weight is 243 g/mol. The van der Waals surface area contributed by atoms with Crippen LogP contribution in [0.25, 0.3) is 5.82 Å². The van der Waals surface area contributed by atoms with Crippen LogP contribution in [0.1, 0.15) is 30.4 Å². The van der Waals surface area contributed by atoms with Crippen molar-refractivity contribution in [3.05, 3.63) is 41.6 Å². The SMILES string of the molecule is CCCc1nccn1-c1cc(C(=N)N)cc(C)n1. The Balaban J connectivity index is 2.49. The Morgan fingerprint density at radius 1 is 1.44 bits per heavy atom. The van der Waals surface area contributed by atoms with Gasteiger partial charge in [0.2, 0.25) is 0 Å². The molecule has 0 aliphatic rings. The first-order valence-electron chi connectivity index (χ1n) is 5.97. The van der Waals surface area contributed by atoms with Gasteiger partial charge in [-0.3, -0.25) is 9.98 Å². The van der Waals surface area contributed by atoms with E-state index in [1.807, 2.05) is 29.8 Å². The molecule has 0 aromatic carbocycles. The fraction of sp³-hybridized carbons (Fsp3) is 0.308. The van der Waals surface area contributed by atoms with Gasteiger partial charge in [0.05, 0.1) is 0 Å². The first-order chi connectivity index (χ1) is 8.61. The second-order valence-corrected chi connectivity index (χ2v) is 4.23. The van der Waals surface area contributed by atoms with Gasteiger partial charge in [-0.2, -0.15) is 0 Å². The number of nitrogen functional groups attached to an aromatic ring is 1. The Kier molecular flexibility index (Phi) is 3.41. The van der Waals surface area contributed by atoms with E-state index in [0.717, 1.165) is 30.2 Å². The molecule has 5 heteroatoms. The van der Waals surface area contributed by atoms with Crippen molar-refractivity contribution < 1.29 is 0 Å². The molecule has 18 heavy (non-hydrogen) atoms. The molecule has 0 aliphatic heterocycles. The molecular weight excluding hydrogens is 226 g/mol. The monoisotopic (exact) mass is 243 g/mol. The zero-order valence-electron chi connectivity index (χ0n) is 10.6. The summed E-state index contributed by atoms with van der Waals surface area (Å²) in [6, 6.07) is 3.62. The van der Waals surface area contributed by atoms with Crippen LogP contribution in [0.5, 0.6) is 0 Å². The Labute approximate surface area is 106 Å². The van der Waals surface area contributed by atoms with Crippen molar-refractivity contribution in [3.8, 4) is 5.82 Å². The number of pyridine rings is 1. The normalized spacial score (nSPS) is 10.6. The van der Waals surface area contributed by atoms with E-state index in [1.165, 1.54) is 0 Å². The molecule has 2 aromatic rings. The third-order valence-corrected chi connectivity index (χ3v) is 2.69. The summed E-state index contributed by atoms with van der Waals surface area (Å²) in [6.07, 6.45) is 5.58. The van der Waals surface area contributed by atoms with E-state index < -0.39 is 0 Å². The van der Waals surface area contributed by atoms with E-state index in [2.05, 4.69) is 16.9 Å². The predicted octanol–water partition coefficient (Wildman–Crippen LogP) is 1.81. The summed E-state index contributed by atoms with van der Waals surface area (Å²) in [5, 5.41) is 7.51. The number of imidazole rings is 1. The van der Waals surface area contributed by atoms with Gasteiger partial charge < -0.3 is 5.73 Å². The van der Waals surface area contributed by atoms with Crippen molar-refractivity contribution in [1.29, 1.82) is 5.41 Å². The molecule has 0 aliphatic carbocycles. The number of nitrogens with zero attached hydrogens (tertiary/aromatic N) is 3. The smallest absolute Gasteiger partial charge is 0.139 e. The topological polar surface area (TPSA) is 80.6 Å². The van der Waals surface area contributed by atoms with E-state index >= 15 is 0 Å². The number of amidine groups is 1. The van der Waals surface area contributed by atoms with Crippen LogP contribution in [0.3, 0.4) is 0 Å². The molecule has 0 radical (unpaired) electrons. The standard InChI is InChI=1S/C13H17N5/c1-3-4-11-16-5-6-18(11)12-8-10(13(14)15)7-9(2)17-12/h5-8H,3-4H2,1-2H3,(H3,14,15). The first kappa shape index (κ1) is 12.3. The average Bonchev–Trinajstić information content (AvgIpc) is 2.77. The van der Waals surface area contributed by atoms with Gasteiger partial charge in [0.1, 0.15) is 17.5 Å². The molecule has 94 valence electrons. The zero-order valence-corrected chi connectivity index (χ0v) is 10.6. The second kappa shape index (κ2) is 5.00. The molecule has 0 bridgehead atoms. The number of nitrogens with one attached hydrogen (secondary N) is 1. The molecule has 3 N–H and O–H groups in total. The third-order valence-electron chi connectivity index (χ3n) is 2.69. The van der Waals surface area contributed by atoms with E-state index in [1.54, 1.807) is 6.20 Å². The number of aryl methyl sites for hydroxylation is 2. The third kappa shape index (κ3) is 2.40. The largest absolute Gasteiger partial charge is 0.384 e. The molecule has 0 unspecified atom stereocenters. The maximum atomic E-state index is 7.51. The molecule has 0 amide bonds. The molecular formula is C13H17N5. The van der Waals surface area contributed by atoms with Crippen LogP contribution < -0.4 is 5.73 Å². The molecule has 5 nitrogen and oxygen atoms in total. The highest BCUT2D eigenvalue weighted by molar-refractivity contribution is 5.95. The van der Waals surface area contributed by atoms with Crippen LogP contribution in [0.4, 0.5) is 0 Å². The minimum Gasteiger partial charge on any atom is -0.384 e. The highest BCUT2D eigenvalue weighted by Gasteiger charge is 2.08. The second-order valence-electron chi connectivity index (χ2n) is 4.23. The summed E-state index contributed by atoms with van der Waals surface area (Å²) < 4.78 is 1.95. The van der Waals surface area contributed by atoms with Gasteiger partial charge in [0, 0.05) is 30.1 Å². The lowest BCUT2D eigenvalue weighted by Gasteiger charge is -2.09. The van der Waals surface area contributed by atoms with Crippen LogP contribution in [0.2, 0.25) is 0 Å². The van der Waals surface area contributed by atoms with Gasteiger partial charge in [-0.15, -0.1) is 0 Å². The molecule has 0 saturated carbocycles. The molecule has 0 saturated heterocycles. The summed E-state index contributed by atoms with van der Waals surface area (Å²) in [4.78, 5) is 8.80. The fourth-order valence-electron chi connectivity index (χ4n) is 1.88. The van der Waals surface area contributed by atoms with E-state index in [-0.39, 0.29) is 5.84 Å². The van der Waals surface area contributed by atoms with Crippen LogP contribution in [-0.4, -0.2) is 20.4 Å². The zero-order chi connectivity index (χ0) is 13.1. The van der Waals surface area contributed by atoms with Crippen molar-refractivity contribution in [2.45, 2.75) is 26.7 Å². The Hall–Kier alpha value is -2.17. The van der Waals surface area contributed by atoms with Gasteiger partial charge in [0.15, 0.2) is 0 Å². The lowest BCUT2D eigenvalue weighted by Crippen LogP contribution is -2.13. The van der Waals surface area contributed by atoms with Gasteiger partial charge in [0.25, 0.3) is 0 Å². The maximum absolute atomic E-state index is 7.51. The fourth-order valence-corrected chi connectivity index (χ4v) is 1.88. The van der Waals surface area contributed by atoms with E-state index in [9.17, 15) is 0 Å². The van der Waals surface area contributed by atoms with E-state index in [4.69, 9.17) is 11.1 Å². The van der Waals surface area contributed by atoms with Gasteiger partial charge in [-0.05, 0) is 25.5 Å². The molecule has 2 heterocycles. The van der Waals surface area contributed by atoms with Crippen molar-refractivity contribution in [2.75, 3.05) is 0 Å². The summed E-state index contributed by atoms with van der Waals surface area (Å²) in [6.45, 7) is 4.01. The maximum Gasteiger partial charge on any atom is 0.139 e. The van der Waals surface area contributed by atoms with Gasteiger partial charge in [-0.25, -0.2) is 9.97 Å². The Morgan fingerprint density at radius 2 is 2.22 bits per heavy atom. The summed E-state index contributed by atoms with van der Waals surface area (Å²) in [5.41, 5.74) is 7.06. The Bertz CT molecular complexity index is 571. The summed E-state index contributed by atoms with van der Waals surface area (Å²) in [7, 11) is 0. The van der Waals surface area contributed by atoms with Gasteiger partial charge >= 0.3 is 0 Å². The number of rotatable bonds is 4. The van der Waals surface area contributed by atoms with Crippen molar-refractivity contribution in [3.63, 3.8) is 0 Å². The van der Waals surface area contributed by atoms with Crippen LogP contribution in [0.15, 0.2) is 24.5 Å². The van der Waals surface area contributed by atoms with Crippen LogP contribution in [0, 0.1) is 12.3 Å². The van der Waals surface area contributed by atoms with E-state index in [0.29, 0.717) is 5.56 Å². The molecule has 2 aromatic heterocycles. The molecule has 0 atom stereocenters. The first-order valence-corrected chi connectivity index (χ1v) is 5.97. The van der Waals surface area contributed by atoms with Crippen molar-refractivity contribution >= 4 is 5.84 Å². The highest BCUT2D eigenvalue weighted by atomic mass is 15.1. The van der Waals surface area contributed by atoms with Crippen molar-refractivity contribution in [1.82, 2.24) is 14.5 Å². The lowest BCUT2D eigenvalue weighted by molar-refractivity contribution is 0.796. The molecule has 0 fully saturated rings. The quantitative estimate of drug-likeness (QED) is 0.634. The number of hydrogen-bond acceptors (Lipinski definition) is 3. The lowest BCUT2D eigenvalue weighted by atomic mass is 10.2. The summed E-state index contributed by atoms with van der Waals surface area (Å²) in [5.74, 6) is 1.80.